The summed E-state index contributed by atoms with van der Waals surface area (Å²) < 4.78 is 8.36. The van der Waals surface area contributed by atoms with Crippen LogP contribution in [0.3, 0.4) is 0 Å². The highest BCUT2D eigenvalue weighted by Gasteiger charge is 2.19. The monoisotopic (exact) mass is 281 g/mol. The second-order valence-corrected chi connectivity index (χ2v) is 6.22. The first kappa shape index (κ1) is 14.8. The average Bonchev–Trinajstić information content (AvgIpc) is 2.51. The van der Waals surface area contributed by atoms with Crippen molar-refractivity contribution < 1.29 is 9.53 Å². The maximum Gasteiger partial charge on any atom is 0.345 e. The normalized spacial score (nSPS) is 15.6. The Balaban J connectivity index is 2.01. The van der Waals surface area contributed by atoms with E-state index in [2.05, 4.69) is 5.10 Å². The van der Waals surface area contributed by atoms with Gasteiger partial charge in [0.05, 0.1) is 13.0 Å². The molecule has 0 aliphatic carbocycles. The summed E-state index contributed by atoms with van der Waals surface area (Å²) in [4.78, 5) is 23.8. The van der Waals surface area contributed by atoms with Crippen LogP contribution in [-0.2, 0) is 29.0 Å². The van der Waals surface area contributed by atoms with Crippen molar-refractivity contribution in [3.63, 3.8) is 0 Å². The molecule has 6 heteroatoms. The summed E-state index contributed by atoms with van der Waals surface area (Å²) in [5, 5.41) is 4.34. The summed E-state index contributed by atoms with van der Waals surface area (Å²) in [6.45, 7) is 6.51. The molecule has 1 aliphatic rings. The summed E-state index contributed by atoms with van der Waals surface area (Å²) in [5.74, 6) is 0.546. The maximum atomic E-state index is 12.2. The highest BCUT2D eigenvalue weighted by atomic mass is 16.6. The van der Waals surface area contributed by atoms with Gasteiger partial charge in [0.15, 0.2) is 0 Å². The zero-order valence-electron chi connectivity index (χ0n) is 12.5. The smallest absolute Gasteiger partial charge is 0.345 e. The summed E-state index contributed by atoms with van der Waals surface area (Å²) >= 11 is 0. The lowest BCUT2D eigenvalue weighted by Crippen LogP contribution is -2.28. The zero-order chi connectivity index (χ0) is 14.8. The summed E-state index contributed by atoms with van der Waals surface area (Å²) in [7, 11) is 0. The molecule has 20 heavy (non-hydrogen) atoms. The zero-order valence-corrected chi connectivity index (χ0v) is 12.5. The number of fused-ring (bicyclic) bond motifs is 1. The second kappa shape index (κ2) is 5.81. The molecule has 0 saturated heterocycles. The van der Waals surface area contributed by atoms with Crippen LogP contribution in [0.4, 0.5) is 0 Å². The lowest BCUT2D eigenvalue weighted by atomic mass is 10.2. The Morgan fingerprint density at radius 2 is 2.05 bits per heavy atom. The Kier molecular flexibility index (Phi) is 4.30. The van der Waals surface area contributed by atoms with E-state index < -0.39 is 5.60 Å². The Morgan fingerprint density at radius 1 is 1.30 bits per heavy atom. The van der Waals surface area contributed by atoms with Gasteiger partial charge < -0.3 is 4.74 Å². The minimum absolute atomic E-state index is 0.106. The standard InChI is InChI=1S/C14H23N3O3/c1-14(2,3)20-12(18)8-10-17-13(19)16-9-6-4-5-7-11(16)15-17/h4-10H2,1-3H3. The molecule has 112 valence electrons. The maximum absolute atomic E-state index is 12.2. The summed E-state index contributed by atoms with van der Waals surface area (Å²) in [6, 6.07) is 0. The Hall–Kier alpha value is -1.59. The van der Waals surface area contributed by atoms with Gasteiger partial charge in [-0.25, -0.2) is 9.48 Å². The molecule has 0 fully saturated rings. The number of ether oxygens (including phenoxy) is 1. The Bertz CT molecular complexity index is 537. The van der Waals surface area contributed by atoms with Crippen molar-refractivity contribution in [1.82, 2.24) is 14.3 Å². The van der Waals surface area contributed by atoms with E-state index in [1.165, 1.54) is 4.68 Å². The molecule has 0 saturated carbocycles. The number of nitrogens with zero attached hydrogens (tertiary/aromatic N) is 3. The second-order valence-electron chi connectivity index (χ2n) is 6.22. The van der Waals surface area contributed by atoms with Crippen molar-refractivity contribution in [1.29, 1.82) is 0 Å². The largest absolute Gasteiger partial charge is 0.460 e. The number of hydrogen-bond acceptors (Lipinski definition) is 4. The van der Waals surface area contributed by atoms with E-state index in [4.69, 9.17) is 4.74 Å². The van der Waals surface area contributed by atoms with Crippen LogP contribution in [0, 0.1) is 0 Å². The van der Waals surface area contributed by atoms with Gasteiger partial charge in [0.1, 0.15) is 11.4 Å². The number of aryl methyl sites for hydroxylation is 2. The number of hydrogen-bond donors (Lipinski definition) is 0. The van der Waals surface area contributed by atoms with Gasteiger partial charge in [-0.05, 0) is 33.6 Å². The third-order valence-corrected chi connectivity index (χ3v) is 3.23. The lowest BCUT2D eigenvalue weighted by molar-refractivity contribution is -0.155. The Morgan fingerprint density at radius 3 is 2.75 bits per heavy atom. The lowest BCUT2D eigenvalue weighted by Gasteiger charge is -2.19. The number of carbonyl (C=O) groups excluding carboxylic acids is 1. The molecule has 1 aromatic heterocycles. The number of carbonyl (C=O) groups is 1. The van der Waals surface area contributed by atoms with Crippen LogP contribution in [0.15, 0.2) is 4.79 Å². The van der Waals surface area contributed by atoms with Crippen molar-refractivity contribution in [3.05, 3.63) is 16.3 Å². The topological polar surface area (TPSA) is 66.1 Å². The summed E-state index contributed by atoms with van der Waals surface area (Å²) in [5.41, 5.74) is -0.599. The molecule has 0 atom stereocenters. The molecule has 1 aromatic rings. The molecule has 0 bridgehead atoms. The van der Waals surface area contributed by atoms with Crippen LogP contribution in [-0.4, -0.2) is 25.9 Å². The van der Waals surface area contributed by atoms with Gasteiger partial charge >= 0.3 is 11.7 Å². The molecule has 0 spiro atoms. The predicted octanol–water partition coefficient (Wildman–Crippen LogP) is 1.50. The fourth-order valence-electron chi connectivity index (χ4n) is 2.36. The molecule has 0 amide bonds. The molecule has 0 radical (unpaired) electrons. The van der Waals surface area contributed by atoms with E-state index in [9.17, 15) is 9.59 Å². The van der Waals surface area contributed by atoms with Crippen molar-refractivity contribution in [2.45, 2.75) is 71.6 Å². The van der Waals surface area contributed by atoms with E-state index in [0.29, 0.717) is 0 Å². The van der Waals surface area contributed by atoms with Gasteiger partial charge in [0.2, 0.25) is 0 Å². The molecule has 0 aromatic carbocycles. The molecule has 0 N–H and O–H groups in total. The van der Waals surface area contributed by atoms with Crippen LogP contribution in [0.2, 0.25) is 0 Å². The first-order valence-corrected chi connectivity index (χ1v) is 7.25. The first-order chi connectivity index (χ1) is 9.37. The van der Waals surface area contributed by atoms with Crippen LogP contribution >= 0.6 is 0 Å². The van der Waals surface area contributed by atoms with E-state index in [1.54, 1.807) is 4.57 Å². The molecule has 6 nitrogen and oxygen atoms in total. The van der Waals surface area contributed by atoms with Crippen LogP contribution in [0.5, 0.6) is 0 Å². The molecular formula is C14H23N3O3. The minimum atomic E-state index is -0.493. The van der Waals surface area contributed by atoms with Crippen molar-refractivity contribution >= 4 is 5.97 Å². The number of rotatable bonds is 3. The Labute approximate surface area is 118 Å². The summed E-state index contributed by atoms with van der Waals surface area (Å²) in [6.07, 6.45) is 4.25. The average molecular weight is 281 g/mol. The third kappa shape index (κ3) is 3.71. The fraction of sp³-hybridized carbons (Fsp3) is 0.786. The number of esters is 1. The van der Waals surface area contributed by atoms with Gasteiger partial charge in [0.25, 0.3) is 0 Å². The minimum Gasteiger partial charge on any atom is -0.460 e. The van der Waals surface area contributed by atoms with E-state index >= 15 is 0 Å². The molecule has 0 unspecified atom stereocenters. The van der Waals surface area contributed by atoms with E-state index in [-0.39, 0.29) is 24.6 Å². The van der Waals surface area contributed by atoms with Gasteiger partial charge in [0, 0.05) is 13.0 Å². The van der Waals surface area contributed by atoms with Gasteiger partial charge in [-0.1, -0.05) is 6.42 Å². The van der Waals surface area contributed by atoms with Gasteiger partial charge in [-0.2, -0.15) is 5.10 Å². The van der Waals surface area contributed by atoms with Gasteiger partial charge in [-0.3, -0.25) is 9.36 Å². The highest BCUT2D eigenvalue weighted by molar-refractivity contribution is 5.69. The molecular weight excluding hydrogens is 258 g/mol. The SMILES string of the molecule is CC(C)(C)OC(=O)CCn1nc2n(c1=O)CCCCC2. The molecule has 1 aliphatic heterocycles. The van der Waals surface area contributed by atoms with E-state index in [0.717, 1.165) is 38.1 Å². The first-order valence-electron chi connectivity index (χ1n) is 7.25. The van der Waals surface area contributed by atoms with Crippen LogP contribution < -0.4 is 5.69 Å². The van der Waals surface area contributed by atoms with Crippen molar-refractivity contribution in [3.8, 4) is 0 Å². The predicted molar refractivity (Wildman–Crippen MR) is 74.5 cm³/mol. The third-order valence-electron chi connectivity index (χ3n) is 3.23. The quantitative estimate of drug-likeness (QED) is 0.788. The number of aromatic nitrogens is 3. The van der Waals surface area contributed by atoms with Crippen molar-refractivity contribution in [2.24, 2.45) is 0 Å². The molecule has 2 rings (SSSR count). The fourth-order valence-corrected chi connectivity index (χ4v) is 2.36. The van der Waals surface area contributed by atoms with Crippen LogP contribution in [0.1, 0.15) is 52.3 Å². The van der Waals surface area contributed by atoms with Crippen LogP contribution in [0.25, 0.3) is 0 Å². The van der Waals surface area contributed by atoms with Gasteiger partial charge in [-0.15, -0.1) is 0 Å². The van der Waals surface area contributed by atoms with Crippen molar-refractivity contribution in [2.75, 3.05) is 0 Å². The molecule has 2 heterocycles. The van der Waals surface area contributed by atoms with E-state index in [1.807, 2.05) is 20.8 Å². The highest BCUT2D eigenvalue weighted by Crippen LogP contribution is 2.11.